The predicted octanol–water partition coefficient (Wildman–Crippen LogP) is 2.82. The van der Waals surface area contributed by atoms with Crippen LogP contribution in [0.5, 0.6) is 0 Å². The van der Waals surface area contributed by atoms with Crippen LogP contribution in [0.3, 0.4) is 0 Å². The highest BCUT2D eigenvalue weighted by atomic mass is 79.9. The SMILES string of the molecule is Cc1cc(Br)cc2c1CC(=O)CC2. The van der Waals surface area contributed by atoms with Crippen LogP contribution in [0.1, 0.15) is 23.1 Å². The first-order valence-corrected chi connectivity index (χ1v) is 5.26. The summed E-state index contributed by atoms with van der Waals surface area (Å²) in [4.78, 5) is 11.3. The fraction of sp³-hybridized carbons (Fsp3) is 0.364. The molecular formula is C11H11BrO. The van der Waals surface area contributed by atoms with Crippen LogP contribution < -0.4 is 0 Å². The maximum atomic E-state index is 11.3. The van der Waals surface area contributed by atoms with Crippen molar-refractivity contribution in [3.63, 3.8) is 0 Å². The molecule has 1 aliphatic rings. The van der Waals surface area contributed by atoms with E-state index >= 15 is 0 Å². The zero-order valence-electron chi connectivity index (χ0n) is 7.56. The van der Waals surface area contributed by atoms with Crippen molar-refractivity contribution in [2.75, 3.05) is 0 Å². The summed E-state index contributed by atoms with van der Waals surface area (Å²) in [5.74, 6) is 0.373. The molecule has 1 nitrogen and oxygen atoms in total. The van der Waals surface area contributed by atoms with Gasteiger partial charge in [-0.15, -0.1) is 0 Å². The normalized spacial score (nSPS) is 15.7. The Hall–Kier alpha value is -0.630. The van der Waals surface area contributed by atoms with Crippen molar-refractivity contribution < 1.29 is 4.79 Å². The molecule has 1 aliphatic carbocycles. The summed E-state index contributed by atoms with van der Waals surface area (Å²) in [5.41, 5.74) is 3.82. The summed E-state index contributed by atoms with van der Waals surface area (Å²) in [6.45, 7) is 2.07. The van der Waals surface area contributed by atoms with Crippen molar-refractivity contribution in [1.82, 2.24) is 0 Å². The highest BCUT2D eigenvalue weighted by molar-refractivity contribution is 9.10. The van der Waals surface area contributed by atoms with Crippen LogP contribution in [0.4, 0.5) is 0 Å². The molecule has 0 saturated carbocycles. The van der Waals surface area contributed by atoms with E-state index in [2.05, 4.69) is 35.0 Å². The van der Waals surface area contributed by atoms with Gasteiger partial charge in [0.05, 0.1) is 0 Å². The molecule has 0 radical (unpaired) electrons. The molecular weight excluding hydrogens is 228 g/mol. The van der Waals surface area contributed by atoms with Gasteiger partial charge in [0, 0.05) is 17.3 Å². The largest absolute Gasteiger partial charge is 0.299 e. The van der Waals surface area contributed by atoms with E-state index in [-0.39, 0.29) is 0 Å². The quantitative estimate of drug-likeness (QED) is 0.680. The van der Waals surface area contributed by atoms with E-state index in [0.717, 1.165) is 10.9 Å². The number of carbonyl (C=O) groups is 1. The number of hydrogen-bond donors (Lipinski definition) is 0. The minimum atomic E-state index is 0.373. The second-order valence-electron chi connectivity index (χ2n) is 3.58. The lowest BCUT2D eigenvalue weighted by molar-refractivity contribution is -0.118. The molecule has 0 N–H and O–H groups in total. The summed E-state index contributed by atoms with van der Waals surface area (Å²) in [5, 5.41) is 0. The molecule has 2 rings (SSSR count). The van der Waals surface area contributed by atoms with Gasteiger partial charge in [-0.2, -0.15) is 0 Å². The summed E-state index contributed by atoms with van der Waals surface area (Å²) in [6, 6.07) is 4.21. The van der Waals surface area contributed by atoms with Gasteiger partial charge >= 0.3 is 0 Å². The van der Waals surface area contributed by atoms with E-state index in [1.807, 2.05) is 0 Å². The standard InChI is InChI=1S/C11H11BrO/c1-7-4-9(12)5-8-2-3-10(13)6-11(7)8/h4-5H,2-3,6H2,1H3. The number of fused-ring (bicyclic) bond motifs is 1. The van der Waals surface area contributed by atoms with Crippen molar-refractivity contribution in [1.29, 1.82) is 0 Å². The Morgan fingerprint density at radius 3 is 2.85 bits per heavy atom. The van der Waals surface area contributed by atoms with E-state index in [4.69, 9.17) is 0 Å². The van der Waals surface area contributed by atoms with Gasteiger partial charge in [0.25, 0.3) is 0 Å². The lowest BCUT2D eigenvalue weighted by atomic mass is 9.88. The third-order valence-corrected chi connectivity index (χ3v) is 3.04. The average Bonchev–Trinajstić information content (AvgIpc) is 2.06. The zero-order valence-corrected chi connectivity index (χ0v) is 9.15. The highest BCUT2D eigenvalue weighted by Crippen LogP contribution is 2.26. The second-order valence-corrected chi connectivity index (χ2v) is 4.49. The van der Waals surface area contributed by atoms with Crippen LogP contribution in [0, 0.1) is 6.92 Å². The first-order valence-electron chi connectivity index (χ1n) is 4.46. The van der Waals surface area contributed by atoms with Crippen LogP contribution in [0.15, 0.2) is 16.6 Å². The molecule has 0 bridgehead atoms. The van der Waals surface area contributed by atoms with E-state index in [1.54, 1.807) is 0 Å². The minimum absolute atomic E-state index is 0.373. The van der Waals surface area contributed by atoms with Gasteiger partial charge in [-0.05, 0) is 42.2 Å². The van der Waals surface area contributed by atoms with Crippen LogP contribution in [0.2, 0.25) is 0 Å². The molecule has 0 aromatic heterocycles. The molecule has 0 aliphatic heterocycles. The molecule has 0 spiro atoms. The van der Waals surface area contributed by atoms with Gasteiger partial charge in [0.15, 0.2) is 0 Å². The van der Waals surface area contributed by atoms with Gasteiger partial charge in [0.1, 0.15) is 5.78 Å². The summed E-state index contributed by atoms with van der Waals surface area (Å²) in [6.07, 6.45) is 2.26. The number of halogens is 1. The monoisotopic (exact) mass is 238 g/mol. The van der Waals surface area contributed by atoms with Crippen LogP contribution in [-0.2, 0) is 17.6 Å². The molecule has 68 valence electrons. The van der Waals surface area contributed by atoms with Gasteiger partial charge in [0.2, 0.25) is 0 Å². The van der Waals surface area contributed by atoms with Gasteiger partial charge in [-0.1, -0.05) is 15.9 Å². The first-order chi connectivity index (χ1) is 6.16. The van der Waals surface area contributed by atoms with Gasteiger partial charge in [-0.25, -0.2) is 0 Å². The first kappa shape index (κ1) is 8.95. The van der Waals surface area contributed by atoms with Crippen molar-refractivity contribution >= 4 is 21.7 Å². The Morgan fingerprint density at radius 1 is 1.31 bits per heavy atom. The summed E-state index contributed by atoms with van der Waals surface area (Å²) in [7, 11) is 0. The number of aryl methyl sites for hydroxylation is 2. The molecule has 0 unspecified atom stereocenters. The molecule has 1 aromatic rings. The topological polar surface area (TPSA) is 17.1 Å². The van der Waals surface area contributed by atoms with Crippen molar-refractivity contribution in [3.8, 4) is 0 Å². The molecule has 0 atom stereocenters. The summed E-state index contributed by atoms with van der Waals surface area (Å²) >= 11 is 3.47. The third-order valence-electron chi connectivity index (χ3n) is 2.58. The molecule has 0 amide bonds. The highest BCUT2D eigenvalue weighted by Gasteiger charge is 2.17. The van der Waals surface area contributed by atoms with Crippen molar-refractivity contribution in [2.45, 2.75) is 26.2 Å². The number of hydrogen-bond acceptors (Lipinski definition) is 1. The van der Waals surface area contributed by atoms with Gasteiger partial charge in [-0.3, -0.25) is 4.79 Å². The van der Waals surface area contributed by atoms with E-state index in [9.17, 15) is 4.79 Å². The number of carbonyl (C=O) groups excluding carboxylic acids is 1. The Kier molecular flexibility index (Phi) is 2.24. The lowest BCUT2D eigenvalue weighted by Crippen LogP contribution is -2.14. The third kappa shape index (κ3) is 1.68. The molecule has 13 heavy (non-hydrogen) atoms. The molecule has 0 saturated heterocycles. The molecule has 2 heteroatoms. The smallest absolute Gasteiger partial charge is 0.137 e. The van der Waals surface area contributed by atoms with E-state index in [0.29, 0.717) is 18.6 Å². The second kappa shape index (κ2) is 3.26. The summed E-state index contributed by atoms with van der Waals surface area (Å²) < 4.78 is 1.12. The molecule has 0 fully saturated rings. The number of rotatable bonds is 0. The Bertz CT molecular complexity index is 369. The van der Waals surface area contributed by atoms with Crippen LogP contribution in [-0.4, -0.2) is 5.78 Å². The average molecular weight is 239 g/mol. The maximum absolute atomic E-state index is 11.3. The number of Topliss-reactive ketones (excluding diaryl/α,β-unsaturated/α-hetero) is 1. The van der Waals surface area contributed by atoms with Crippen molar-refractivity contribution in [3.05, 3.63) is 33.3 Å². The van der Waals surface area contributed by atoms with E-state index in [1.165, 1.54) is 16.7 Å². The predicted molar refractivity (Wildman–Crippen MR) is 55.9 cm³/mol. The minimum Gasteiger partial charge on any atom is -0.299 e. The van der Waals surface area contributed by atoms with Crippen LogP contribution in [0.25, 0.3) is 0 Å². The lowest BCUT2D eigenvalue weighted by Gasteiger charge is -2.17. The maximum Gasteiger partial charge on any atom is 0.137 e. The number of benzene rings is 1. The molecule has 1 aromatic carbocycles. The Morgan fingerprint density at radius 2 is 2.08 bits per heavy atom. The van der Waals surface area contributed by atoms with Crippen LogP contribution >= 0.6 is 15.9 Å². The fourth-order valence-electron chi connectivity index (χ4n) is 1.88. The van der Waals surface area contributed by atoms with E-state index < -0.39 is 0 Å². The molecule has 0 heterocycles. The fourth-order valence-corrected chi connectivity index (χ4v) is 2.50. The van der Waals surface area contributed by atoms with Crippen molar-refractivity contribution in [2.24, 2.45) is 0 Å². The number of ketones is 1. The Balaban J connectivity index is 2.53. The zero-order chi connectivity index (χ0) is 9.42. The van der Waals surface area contributed by atoms with Gasteiger partial charge < -0.3 is 0 Å². The Labute approximate surface area is 86.3 Å².